The monoisotopic (exact) mass is 343 g/mol. The smallest absolute Gasteiger partial charge is 0.401 e. The molecule has 0 spiro atoms. The van der Waals surface area contributed by atoms with Crippen LogP contribution in [0.15, 0.2) is 18.2 Å². The molecule has 0 aliphatic carbocycles. The zero-order chi connectivity index (χ0) is 14.5. The maximum absolute atomic E-state index is 13.4. The molecule has 108 valence electrons. The summed E-state index contributed by atoms with van der Waals surface area (Å²) in [6.45, 7) is -0.759. The van der Waals surface area contributed by atoms with Crippen molar-refractivity contribution in [2.24, 2.45) is 0 Å². The fourth-order valence-electron chi connectivity index (χ4n) is 1.65. The Hall–Kier alpha value is -0.820. The lowest BCUT2D eigenvalue weighted by atomic mass is 10.2. The molecule has 0 amide bonds. The molecule has 0 saturated heterocycles. The molecule has 0 unspecified atom stereocenters. The van der Waals surface area contributed by atoms with Crippen LogP contribution in [0.4, 0.5) is 17.6 Å². The molecule has 1 rings (SSSR count). The van der Waals surface area contributed by atoms with E-state index < -0.39 is 18.5 Å². The molecular formula is C12H14BrF4NO. The van der Waals surface area contributed by atoms with Crippen LogP contribution in [0.2, 0.25) is 0 Å². The predicted octanol–water partition coefficient (Wildman–Crippen LogP) is 3.59. The molecule has 0 saturated carbocycles. The maximum Gasteiger partial charge on any atom is 0.401 e. The number of halogens is 5. The van der Waals surface area contributed by atoms with E-state index in [0.717, 1.165) is 0 Å². The molecule has 1 aromatic carbocycles. The fraction of sp³-hybridized carbons (Fsp3) is 0.500. The lowest BCUT2D eigenvalue weighted by molar-refractivity contribution is -0.146. The van der Waals surface area contributed by atoms with Crippen LogP contribution in [-0.4, -0.2) is 36.6 Å². The summed E-state index contributed by atoms with van der Waals surface area (Å²) >= 11 is 3.11. The highest BCUT2D eigenvalue weighted by molar-refractivity contribution is 9.09. The van der Waals surface area contributed by atoms with E-state index in [1.54, 1.807) is 6.07 Å². The van der Waals surface area contributed by atoms with Gasteiger partial charge >= 0.3 is 6.18 Å². The van der Waals surface area contributed by atoms with E-state index in [0.29, 0.717) is 10.9 Å². The van der Waals surface area contributed by atoms with E-state index in [2.05, 4.69) is 15.9 Å². The molecule has 19 heavy (non-hydrogen) atoms. The third kappa shape index (κ3) is 5.78. The second-order valence-corrected chi connectivity index (χ2v) is 4.78. The number of methoxy groups -OCH3 is 1. The zero-order valence-electron chi connectivity index (χ0n) is 10.3. The Morgan fingerprint density at radius 1 is 1.32 bits per heavy atom. The van der Waals surface area contributed by atoms with Crippen molar-refractivity contribution in [1.29, 1.82) is 0 Å². The Morgan fingerprint density at radius 2 is 2.00 bits per heavy atom. The summed E-state index contributed by atoms with van der Waals surface area (Å²) in [5.74, 6) is -0.502. The Balaban J connectivity index is 2.76. The standard InChI is InChI=1S/C12H14BrF4NO/c1-19-11-3-2-9(6-10(11)14)7-18(5-4-13)8-12(15,16)17/h2-3,6H,4-5,7-8H2,1H3. The van der Waals surface area contributed by atoms with Crippen molar-refractivity contribution in [3.8, 4) is 5.75 Å². The summed E-state index contributed by atoms with van der Waals surface area (Å²) in [5.41, 5.74) is 0.475. The van der Waals surface area contributed by atoms with E-state index in [9.17, 15) is 17.6 Å². The van der Waals surface area contributed by atoms with Crippen molar-refractivity contribution in [2.75, 3.05) is 25.5 Å². The number of alkyl halides is 4. The van der Waals surface area contributed by atoms with Crippen molar-refractivity contribution in [2.45, 2.75) is 12.7 Å². The van der Waals surface area contributed by atoms with Crippen molar-refractivity contribution in [1.82, 2.24) is 4.90 Å². The molecule has 0 aromatic heterocycles. The summed E-state index contributed by atoms with van der Waals surface area (Å²) < 4.78 is 55.3. The van der Waals surface area contributed by atoms with Crippen LogP contribution in [0.25, 0.3) is 0 Å². The molecule has 0 aliphatic rings. The quantitative estimate of drug-likeness (QED) is 0.578. The van der Waals surface area contributed by atoms with Crippen LogP contribution in [0.3, 0.4) is 0 Å². The summed E-state index contributed by atoms with van der Waals surface area (Å²) in [5, 5.41) is 0.418. The molecule has 0 fully saturated rings. The number of nitrogens with zero attached hydrogens (tertiary/aromatic N) is 1. The molecular weight excluding hydrogens is 330 g/mol. The summed E-state index contributed by atoms with van der Waals surface area (Å²) in [6, 6.07) is 4.15. The minimum absolute atomic E-state index is 0.0338. The van der Waals surface area contributed by atoms with Crippen molar-refractivity contribution < 1.29 is 22.3 Å². The highest BCUT2D eigenvalue weighted by Crippen LogP contribution is 2.21. The van der Waals surface area contributed by atoms with Crippen LogP contribution in [0, 0.1) is 5.82 Å². The minimum atomic E-state index is -4.27. The SMILES string of the molecule is COc1ccc(CN(CCBr)CC(F)(F)F)cc1F. The first kappa shape index (κ1) is 16.2. The number of rotatable bonds is 6. The molecule has 1 aromatic rings. The van der Waals surface area contributed by atoms with Crippen molar-refractivity contribution in [3.05, 3.63) is 29.6 Å². The molecule has 2 nitrogen and oxygen atoms in total. The van der Waals surface area contributed by atoms with Crippen LogP contribution >= 0.6 is 15.9 Å². The van der Waals surface area contributed by atoms with E-state index in [-0.39, 0.29) is 18.8 Å². The first-order valence-electron chi connectivity index (χ1n) is 5.53. The Morgan fingerprint density at radius 3 is 2.47 bits per heavy atom. The third-order valence-corrected chi connectivity index (χ3v) is 2.78. The number of benzene rings is 1. The molecule has 0 aliphatic heterocycles. The van der Waals surface area contributed by atoms with Gasteiger partial charge < -0.3 is 4.74 Å². The predicted molar refractivity (Wildman–Crippen MR) is 68.1 cm³/mol. The molecule has 0 radical (unpaired) electrons. The van der Waals surface area contributed by atoms with Gasteiger partial charge in [0.25, 0.3) is 0 Å². The van der Waals surface area contributed by atoms with Crippen molar-refractivity contribution >= 4 is 15.9 Å². The third-order valence-electron chi connectivity index (χ3n) is 2.43. The molecule has 7 heteroatoms. The van der Waals surface area contributed by atoms with E-state index >= 15 is 0 Å². The largest absolute Gasteiger partial charge is 0.494 e. The number of hydrogen-bond donors (Lipinski definition) is 0. The number of ether oxygens (including phenoxy) is 1. The number of hydrogen-bond acceptors (Lipinski definition) is 2. The zero-order valence-corrected chi connectivity index (χ0v) is 11.9. The lowest BCUT2D eigenvalue weighted by Gasteiger charge is -2.22. The van der Waals surface area contributed by atoms with Crippen LogP contribution < -0.4 is 4.74 Å². The molecule has 0 N–H and O–H groups in total. The Kier molecular flexibility index (Phi) is 6.06. The second kappa shape index (κ2) is 7.09. The summed E-state index contributed by atoms with van der Waals surface area (Å²) in [7, 11) is 1.33. The molecule has 0 heterocycles. The van der Waals surface area contributed by atoms with E-state index in [4.69, 9.17) is 4.74 Å². The van der Waals surface area contributed by atoms with Gasteiger partial charge in [0.15, 0.2) is 11.6 Å². The molecule has 0 atom stereocenters. The summed E-state index contributed by atoms with van der Waals surface area (Å²) in [4.78, 5) is 1.20. The molecule has 0 bridgehead atoms. The Labute approximate surface area is 117 Å². The average molecular weight is 344 g/mol. The first-order chi connectivity index (χ1) is 8.85. The van der Waals surface area contributed by atoms with Gasteiger partial charge in [-0.05, 0) is 17.7 Å². The lowest BCUT2D eigenvalue weighted by Crippen LogP contribution is -2.35. The highest BCUT2D eigenvalue weighted by Gasteiger charge is 2.30. The van der Waals surface area contributed by atoms with Gasteiger partial charge in [-0.25, -0.2) is 4.39 Å². The first-order valence-corrected chi connectivity index (χ1v) is 6.65. The summed E-state index contributed by atoms with van der Waals surface area (Å²) in [6.07, 6.45) is -4.27. The van der Waals surface area contributed by atoms with Gasteiger partial charge in [0.1, 0.15) is 0 Å². The van der Waals surface area contributed by atoms with Gasteiger partial charge in [0.2, 0.25) is 0 Å². The minimum Gasteiger partial charge on any atom is -0.494 e. The highest BCUT2D eigenvalue weighted by atomic mass is 79.9. The van der Waals surface area contributed by atoms with Gasteiger partial charge in [0.05, 0.1) is 13.7 Å². The van der Waals surface area contributed by atoms with Gasteiger partial charge in [0, 0.05) is 18.4 Å². The van der Waals surface area contributed by atoms with Gasteiger partial charge in [-0.3, -0.25) is 4.90 Å². The average Bonchev–Trinajstić information content (AvgIpc) is 2.27. The van der Waals surface area contributed by atoms with Crippen LogP contribution in [0.5, 0.6) is 5.75 Å². The fourth-order valence-corrected chi connectivity index (χ4v) is 2.16. The maximum atomic E-state index is 13.4. The second-order valence-electron chi connectivity index (χ2n) is 3.98. The van der Waals surface area contributed by atoms with Gasteiger partial charge in [-0.1, -0.05) is 22.0 Å². The van der Waals surface area contributed by atoms with Crippen LogP contribution in [0.1, 0.15) is 5.56 Å². The van der Waals surface area contributed by atoms with Crippen LogP contribution in [-0.2, 0) is 6.54 Å². The van der Waals surface area contributed by atoms with E-state index in [1.807, 2.05) is 0 Å². The van der Waals surface area contributed by atoms with Gasteiger partial charge in [-0.15, -0.1) is 0 Å². The van der Waals surface area contributed by atoms with E-state index in [1.165, 1.54) is 24.1 Å². The van der Waals surface area contributed by atoms with Gasteiger partial charge in [-0.2, -0.15) is 13.2 Å². The Bertz CT molecular complexity index is 411. The topological polar surface area (TPSA) is 12.5 Å². The van der Waals surface area contributed by atoms with Crippen molar-refractivity contribution in [3.63, 3.8) is 0 Å². The normalized spacial score (nSPS) is 11.9.